The van der Waals surface area contributed by atoms with Crippen LogP contribution < -0.4 is 0 Å². The zero-order chi connectivity index (χ0) is 16.2. The Hall–Kier alpha value is -2.49. The largest absolute Gasteiger partial charge is 0.480 e. The van der Waals surface area contributed by atoms with Crippen molar-refractivity contribution in [1.82, 2.24) is 14.7 Å². The highest BCUT2D eigenvalue weighted by molar-refractivity contribution is 5.98. The van der Waals surface area contributed by atoms with E-state index in [9.17, 15) is 19.7 Å². The summed E-state index contributed by atoms with van der Waals surface area (Å²) < 4.78 is 5.89. The molecule has 0 aromatic carbocycles. The maximum Gasteiger partial charge on any atom is 0.323 e. The molecular formula is C11H16N4O6. The first-order valence-electron chi connectivity index (χ1n) is 5.97. The van der Waals surface area contributed by atoms with Gasteiger partial charge in [0.05, 0.1) is 11.5 Å². The smallest absolute Gasteiger partial charge is 0.323 e. The number of carboxylic acid groups (broad SMARTS) is 1. The first-order valence-corrected chi connectivity index (χ1v) is 5.97. The first kappa shape index (κ1) is 16.6. The van der Waals surface area contributed by atoms with Crippen molar-refractivity contribution in [2.45, 2.75) is 6.92 Å². The van der Waals surface area contributed by atoms with Gasteiger partial charge in [0.25, 0.3) is 5.91 Å². The summed E-state index contributed by atoms with van der Waals surface area (Å²) in [5.74, 6) is -2.00. The Kier molecular flexibility index (Phi) is 5.36. The number of aliphatic carboxylic acids is 1. The van der Waals surface area contributed by atoms with Crippen LogP contribution >= 0.6 is 0 Å². The van der Waals surface area contributed by atoms with Gasteiger partial charge in [0.1, 0.15) is 12.2 Å². The molecule has 0 aliphatic rings. The molecule has 0 atom stereocenters. The summed E-state index contributed by atoms with van der Waals surface area (Å²) in [5, 5.41) is 23.7. The average molecular weight is 300 g/mol. The second kappa shape index (κ2) is 6.79. The first-order chi connectivity index (χ1) is 9.79. The molecule has 10 nitrogen and oxygen atoms in total. The highest BCUT2D eigenvalue weighted by atomic mass is 16.6. The second-order valence-corrected chi connectivity index (χ2v) is 4.28. The molecule has 1 aromatic rings. The molecule has 21 heavy (non-hydrogen) atoms. The van der Waals surface area contributed by atoms with Crippen molar-refractivity contribution < 1.29 is 24.4 Å². The number of carbonyl (C=O) groups is 2. The summed E-state index contributed by atoms with van der Waals surface area (Å²) in [6.45, 7) is 0.946. The molecule has 0 saturated carbocycles. The molecule has 0 radical (unpaired) electrons. The van der Waals surface area contributed by atoms with Crippen molar-refractivity contribution in [3.8, 4) is 0 Å². The number of amides is 1. The zero-order valence-corrected chi connectivity index (χ0v) is 11.9. The molecule has 0 bridgehead atoms. The quantitative estimate of drug-likeness (QED) is 0.546. The zero-order valence-electron chi connectivity index (χ0n) is 11.9. The standard InChI is InChI=1S/C11H16N4O6/c1-7-9(15(19)20)10(13(2)12-7)11(18)14(4-5-21-3)6-8(16)17/h4-6H2,1-3H3,(H,16,17). The van der Waals surface area contributed by atoms with Gasteiger partial charge in [0.15, 0.2) is 0 Å². The van der Waals surface area contributed by atoms with E-state index in [0.717, 1.165) is 9.58 Å². The average Bonchev–Trinajstić information content (AvgIpc) is 2.68. The number of hydrogen-bond acceptors (Lipinski definition) is 6. The van der Waals surface area contributed by atoms with Crippen LogP contribution in [0.1, 0.15) is 16.2 Å². The third kappa shape index (κ3) is 3.75. The molecule has 1 N–H and O–H groups in total. The van der Waals surface area contributed by atoms with Gasteiger partial charge < -0.3 is 14.7 Å². The van der Waals surface area contributed by atoms with Crippen LogP contribution in [0.25, 0.3) is 0 Å². The van der Waals surface area contributed by atoms with E-state index in [2.05, 4.69) is 5.10 Å². The topological polar surface area (TPSA) is 128 Å². The van der Waals surface area contributed by atoms with E-state index in [1.165, 1.54) is 21.1 Å². The number of aromatic nitrogens is 2. The van der Waals surface area contributed by atoms with Gasteiger partial charge in [-0.15, -0.1) is 0 Å². The van der Waals surface area contributed by atoms with Crippen LogP contribution in [0.2, 0.25) is 0 Å². The summed E-state index contributed by atoms with van der Waals surface area (Å²) in [6.07, 6.45) is 0. The monoisotopic (exact) mass is 300 g/mol. The van der Waals surface area contributed by atoms with Gasteiger partial charge in [-0.05, 0) is 6.92 Å². The van der Waals surface area contributed by atoms with Crippen LogP contribution in [0.5, 0.6) is 0 Å². The molecule has 0 aliphatic heterocycles. The van der Waals surface area contributed by atoms with Crippen molar-refractivity contribution in [1.29, 1.82) is 0 Å². The lowest BCUT2D eigenvalue weighted by atomic mass is 10.2. The van der Waals surface area contributed by atoms with Gasteiger partial charge in [-0.1, -0.05) is 0 Å². The van der Waals surface area contributed by atoms with Gasteiger partial charge in [-0.3, -0.25) is 24.4 Å². The number of carbonyl (C=O) groups excluding carboxylic acids is 1. The predicted molar refractivity (Wildman–Crippen MR) is 70.0 cm³/mol. The van der Waals surface area contributed by atoms with E-state index in [1.807, 2.05) is 0 Å². The Morgan fingerprint density at radius 2 is 2.14 bits per heavy atom. The molecule has 1 amide bonds. The predicted octanol–water partition coefficient (Wildman–Crippen LogP) is -0.190. The molecule has 116 valence electrons. The highest BCUT2D eigenvalue weighted by Gasteiger charge is 2.32. The van der Waals surface area contributed by atoms with Crippen LogP contribution in [0.15, 0.2) is 0 Å². The summed E-state index contributed by atoms with van der Waals surface area (Å²) in [5.41, 5.74) is -0.585. The van der Waals surface area contributed by atoms with E-state index < -0.39 is 29.0 Å². The summed E-state index contributed by atoms with van der Waals surface area (Å²) in [7, 11) is 2.79. The van der Waals surface area contributed by atoms with E-state index in [4.69, 9.17) is 9.84 Å². The minimum atomic E-state index is -1.22. The molecule has 0 unspecified atom stereocenters. The van der Waals surface area contributed by atoms with Gasteiger partial charge in [-0.2, -0.15) is 5.10 Å². The van der Waals surface area contributed by atoms with Gasteiger partial charge in [0, 0.05) is 20.7 Å². The highest BCUT2D eigenvalue weighted by Crippen LogP contribution is 2.23. The third-order valence-corrected chi connectivity index (χ3v) is 2.75. The molecule has 0 spiro atoms. The van der Waals surface area contributed by atoms with Crippen molar-refractivity contribution in [2.24, 2.45) is 7.05 Å². The molecule has 10 heteroatoms. The van der Waals surface area contributed by atoms with Gasteiger partial charge >= 0.3 is 11.7 Å². The summed E-state index contributed by atoms with van der Waals surface area (Å²) >= 11 is 0. The van der Waals surface area contributed by atoms with E-state index in [0.29, 0.717) is 0 Å². The number of nitro groups is 1. The molecule has 0 aliphatic carbocycles. The van der Waals surface area contributed by atoms with E-state index in [1.54, 1.807) is 0 Å². The maximum atomic E-state index is 12.4. The number of aryl methyl sites for hydroxylation is 2. The minimum Gasteiger partial charge on any atom is -0.480 e. The molecule has 1 aromatic heterocycles. The Morgan fingerprint density at radius 1 is 1.52 bits per heavy atom. The number of methoxy groups -OCH3 is 1. The number of rotatable bonds is 7. The van der Waals surface area contributed by atoms with Crippen molar-refractivity contribution in [2.75, 3.05) is 26.8 Å². The van der Waals surface area contributed by atoms with Crippen LogP contribution in [0.4, 0.5) is 5.69 Å². The normalized spacial score (nSPS) is 10.4. The fraction of sp³-hybridized carbons (Fsp3) is 0.545. The minimum absolute atomic E-state index is 0.00299. The fourth-order valence-electron chi connectivity index (χ4n) is 1.87. The molecule has 1 heterocycles. The number of carboxylic acids is 1. The number of hydrogen-bond donors (Lipinski definition) is 1. The van der Waals surface area contributed by atoms with E-state index >= 15 is 0 Å². The van der Waals surface area contributed by atoms with Crippen LogP contribution in [0.3, 0.4) is 0 Å². The summed E-state index contributed by atoms with van der Waals surface area (Å²) in [6, 6.07) is 0. The second-order valence-electron chi connectivity index (χ2n) is 4.28. The Balaban J connectivity index is 3.19. The lowest BCUT2D eigenvalue weighted by Gasteiger charge is -2.19. The number of ether oxygens (including phenoxy) is 1. The lowest BCUT2D eigenvalue weighted by Crippen LogP contribution is -2.39. The van der Waals surface area contributed by atoms with Crippen molar-refractivity contribution in [3.63, 3.8) is 0 Å². The van der Waals surface area contributed by atoms with Crippen LogP contribution in [-0.2, 0) is 16.6 Å². The van der Waals surface area contributed by atoms with E-state index in [-0.39, 0.29) is 24.5 Å². The van der Waals surface area contributed by atoms with Gasteiger partial charge in [0.2, 0.25) is 5.69 Å². The molecule has 1 rings (SSSR count). The van der Waals surface area contributed by atoms with Crippen molar-refractivity contribution >= 4 is 17.6 Å². The molecule has 0 fully saturated rings. The Labute approximate surface area is 120 Å². The van der Waals surface area contributed by atoms with Crippen LogP contribution in [-0.4, -0.2) is 63.4 Å². The summed E-state index contributed by atoms with van der Waals surface area (Å²) in [4.78, 5) is 34.5. The lowest BCUT2D eigenvalue weighted by molar-refractivity contribution is -0.385. The van der Waals surface area contributed by atoms with Crippen molar-refractivity contribution in [3.05, 3.63) is 21.5 Å². The van der Waals surface area contributed by atoms with Gasteiger partial charge in [-0.25, -0.2) is 0 Å². The SMILES string of the molecule is COCCN(CC(=O)O)C(=O)c1c([N+](=O)[O-])c(C)nn1C. The Morgan fingerprint density at radius 3 is 2.62 bits per heavy atom. The third-order valence-electron chi connectivity index (χ3n) is 2.75. The molecular weight excluding hydrogens is 284 g/mol. The number of nitrogens with zero attached hydrogens (tertiary/aromatic N) is 4. The van der Waals surface area contributed by atoms with Crippen LogP contribution in [0, 0.1) is 17.0 Å². The maximum absolute atomic E-state index is 12.4. The Bertz CT molecular complexity index is 567. The fourth-order valence-corrected chi connectivity index (χ4v) is 1.87. The molecule has 0 saturated heterocycles.